The summed E-state index contributed by atoms with van der Waals surface area (Å²) < 4.78 is 15.8. The van der Waals surface area contributed by atoms with Gasteiger partial charge in [0.1, 0.15) is 5.82 Å². The summed E-state index contributed by atoms with van der Waals surface area (Å²) in [6, 6.07) is 9.72. The highest BCUT2D eigenvalue weighted by Gasteiger charge is 2.17. The molecule has 0 saturated heterocycles. The monoisotopic (exact) mass is 365 g/mol. The van der Waals surface area contributed by atoms with Crippen LogP contribution in [-0.4, -0.2) is 10.4 Å². The van der Waals surface area contributed by atoms with E-state index in [1.165, 1.54) is 12.1 Å². The van der Waals surface area contributed by atoms with E-state index in [1.54, 1.807) is 30.5 Å². The molecule has 0 bridgehead atoms. The maximum absolute atomic E-state index is 13.6. The van der Waals surface area contributed by atoms with Gasteiger partial charge in [0.2, 0.25) is 0 Å². The number of carbonyl (C=O) groups is 1. The van der Waals surface area contributed by atoms with Gasteiger partial charge in [0.05, 0.1) is 4.47 Å². The number of halogens is 3. The predicted molar refractivity (Wildman–Crippen MR) is 85.5 cm³/mol. The molecule has 0 spiro atoms. The molecule has 0 atom stereocenters. The number of nitrogens with zero attached hydrogens (tertiary/aromatic N) is 1. The van der Waals surface area contributed by atoms with Gasteiger partial charge in [0, 0.05) is 40.3 Å². The lowest BCUT2D eigenvalue weighted by atomic mass is 10.0. The Morgan fingerprint density at radius 3 is 2.71 bits per heavy atom. The molecule has 0 unspecified atom stereocenters. The highest BCUT2D eigenvalue weighted by atomic mass is 79.9. The minimum absolute atomic E-state index is 0.214. The Hall–Kier alpha value is -1.65. The molecule has 2 aromatic carbocycles. The van der Waals surface area contributed by atoms with Gasteiger partial charge in [-0.3, -0.25) is 4.79 Å². The quantitative estimate of drug-likeness (QED) is 0.587. The van der Waals surface area contributed by atoms with Crippen molar-refractivity contribution in [3.8, 4) is 0 Å². The number of carbonyl (C=O) groups excluding carboxylic acids is 1. The second kappa shape index (κ2) is 5.28. The zero-order valence-corrected chi connectivity index (χ0v) is 13.4. The number of ketones is 1. The fourth-order valence-corrected chi connectivity index (χ4v) is 2.74. The predicted octanol–water partition coefficient (Wildman–Crippen LogP) is 4.96. The van der Waals surface area contributed by atoms with E-state index in [9.17, 15) is 9.18 Å². The molecule has 0 fully saturated rings. The van der Waals surface area contributed by atoms with Crippen LogP contribution in [0.15, 0.2) is 47.1 Å². The number of fused-ring (bicyclic) bond motifs is 1. The lowest BCUT2D eigenvalue weighted by Gasteiger charge is -2.01. The molecule has 0 saturated carbocycles. The third-order valence-corrected chi connectivity index (χ3v) is 4.26. The van der Waals surface area contributed by atoms with Gasteiger partial charge in [-0.25, -0.2) is 4.39 Å². The van der Waals surface area contributed by atoms with Crippen LogP contribution >= 0.6 is 27.5 Å². The molecule has 0 N–H and O–H groups in total. The maximum Gasteiger partial charge on any atom is 0.195 e. The summed E-state index contributed by atoms with van der Waals surface area (Å²) in [6.07, 6.45) is 1.74. The van der Waals surface area contributed by atoms with Crippen molar-refractivity contribution in [3.63, 3.8) is 0 Å². The van der Waals surface area contributed by atoms with E-state index in [0.29, 0.717) is 20.6 Å². The van der Waals surface area contributed by atoms with Gasteiger partial charge in [0.15, 0.2) is 5.78 Å². The van der Waals surface area contributed by atoms with E-state index >= 15 is 0 Å². The molecule has 0 radical (unpaired) electrons. The number of hydrogen-bond acceptors (Lipinski definition) is 1. The lowest BCUT2D eigenvalue weighted by Crippen LogP contribution is -2.01. The van der Waals surface area contributed by atoms with Crippen molar-refractivity contribution < 1.29 is 9.18 Å². The van der Waals surface area contributed by atoms with Crippen molar-refractivity contribution in [2.75, 3.05) is 0 Å². The average molecular weight is 367 g/mol. The summed E-state index contributed by atoms with van der Waals surface area (Å²) >= 11 is 9.06. The van der Waals surface area contributed by atoms with Crippen LogP contribution in [0.2, 0.25) is 5.02 Å². The molecule has 3 aromatic rings. The second-order valence-corrected chi connectivity index (χ2v) is 6.06. The Morgan fingerprint density at radius 1 is 1.24 bits per heavy atom. The normalized spacial score (nSPS) is 11.0. The third kappa shape index (κ3) is 2.49. The minimum Gasteiger partial charge on any atom is -0.350 e. The lowest BCUT2D eigenvalue weighted by molar-refractivity contribution is 0.103. The topological polar surface area (TPSA) is 22.0 Å². The summed E-state index contributed by atoms with van der Waals surface area (Å²) in [5, 5.41) is 1.41. The Bertz CT molecular complexity index is 872. The van der Waals surface area contributed by atoms with Gasteiger partial charge in [0.25, 0.3) is 0 Å². The van der Waals surface area contributed by atoms with Crippen LogP contribution in [0.1, 0.15) is 15.9 Å². The second-order valence-electron chi connectivity index (χ2n) is 4.77. The van der Waals surface area contributed by atoms with Crippen LogP contribution in [0, 0.1) is 5.82 Å². The van der Waals surface area contributed by atoms with Gasteiger partial charge in [-0.1, -0.05) is 17.7 Å². The molecule has 5 heteroatoms. The third-order valence-electron chi connectivity index (χ3n) is 3.38. The molecular formula is C16H10BrClFNO. The first-order valence-corrected chi connectivity index (χ1v) is 7.39. The summed E-state index contributed by atoms with van der Waals surface area (Å²) in [5.41, 5.74) is 1.72. The standard InChI is InChI=1S/C16H10BrClFNO/c1-20-8-12(11-4-3-10(18)7-15(11)20)16(21)9-2-5-13(17)14(19)6-9/h2-8H,1H3. The highest BCUT2D eigenvalue weighted by Crippen LogP contribution is 2.27. The van der Waals surface area contributed by atoms with Crippen molar-refractivity contribution in [3.05, 3.63) is 69.0 Å². The van der Waals surface area contributed by atoms with E-state index in [2.05, 4.69) is 15.9 Å². The summed E-state index contributed by atoms with van der Waals surface area (Å²) in [6.45, 7) is 0. The summed E-state index contributed by atoms with van der Waals surface area (Å²) in [4.78, 5) is 12.6. The molecule has 1 heterocycles. The Balaban J connectivity index is 2.15. The van der Waals surface area contributed by atoms with Crippen LogP contribution in [0.5, 0.6) is 0 Å². The zero-order chi connectivity index (χ0) is 15.1. The molecule has 3 rings (SSSR count). The maximum atomic E-state index is 13.6. The fourth-order valence-electron chi connectivity index (χ4n) is 2.33. The Labute approximate surface area is 134 Å². The fraction of sp³-hybridized carbons (Fsp3) is 0.0625. The Kier molecular flexibility index (Phi) is 3.59. The number of aryl methyl sites for hydroxylation is 1. The van der Waals surface area contributed by atoms with Gasteiger partial charge in [-0.2, -0.15) is 0 Å². The van der Waals surface area contributed by atoms with Crippen LogP contribution in [0.4, 0.5) is 4.39 Å². The summed E-state index contributed by atoms with van der Waals surface area (Å²) in [7, 11) is 1.84. The van der Waals surface area contributed by atoms with E-state index in [1.807, 2.05) is 11.6 Å². The van der Waals surface area contributed by atoms with Gasteiger partial charge in [-0.15, -0.1) is 0 Å². The number of rotatable bonds is 2. The minimum atomic E-state index is -0.455. The zero-order valence-electron chi connectivity index (χ0n) is 11.0. The first-order chi connectivity index (χ1) is 9.97. The van der Waals surface area contributed by atoms with Crippen molar-refractivity contribution in [2.24, 2.45) is 7.05 Å². The molecule has 21 heavy (non-hydrogen) atoms. The van der Waals surface area contributed by atoms with Crippen molar-refractivity contribution in [2.45, 2.75) is 0 Å². The highest BCUT2D eigenvalue weighted by molar-refractivity contribution is 9.10. The van der Waals surface area contributed by atoms with Crippen molar-refractivity contribution in [1.29, 1.82) is 0 Å². The van der Waals surface area contributed by atoms with Crippen molar-refractivity contribution >= 4 is 44.2 Å². The van der Waals surface area contributed by atoms with E-state index in [4.69, 9.17) is 11.6 Å². The largest absolute Gasteiger partial charge is 0.350 e. The molecule has 0 aliphatic heterocycles. The SMILES string of the molecule is Cn1cc(C(=O)c2ccc(Br)c(F)c2)c2ccc(Cl)cc21. The average Bonchev–Trinajstić information content (AvgIpc) is 2.78. The molecule has 0 aliphatic carbocycles. The van der Waals surface area contributed by atoms with Crippen LogP contribution < -0.4 is 0 Å². The molecule has 0 amide bonds. The first-order valence-electron chi connectivity index (χ1n) is 6.21. The molecular weight excluding hydrogens is 357 g/mol. The molecule has 106 valence electrons. The number of aromatic nitrogens is 1. The molecule has 1 aromatic heterocycles. The van der Waals surface area contributed by atoms with E-state index in [0.717, 1.165) is 10.9 Å². The van der Waals surface area contributed by atoms with Crippen LogP contribution in [-0.2, 0) is 7.05 Å². The van der Waals surface area contributed by atoms with Crippen LogP contribution in [0.3, 0.4) is 0 Å². The van der Waals surface area contributed by atoms with Crippen LogP contribution in [0.25, 0.3) is 10.9 Å². The number of hydrogen-bond donors (Lipinski definition) is 0. The van der Waals surface area contributed by atoms with E-state index in [-0.39, 0.29) is 5.78 Å². The smallest absolute Gasteiger partial charge is 0.195 e. The molecule has 0 aliphatic rings. The van der Waals surface area contributed by atoms with E-state index < -0.39 is 5.82 Å². The Morgan fingerprint density at radius 2 is 2.00 bits per heavy atom. The van der Waals surface area contributed by atoms with Gasteiger partial charge < -0.3 is 4.57 Å². The molecule has 2 nitrogen and oxygen atoms in total. The van der Waals surface area contributed by atoms with Crippen molar-refractivity contribution in [1.82, 2.24) is 4.57 Å². The number of benzene rings is 2. The summed E-state index contributed by atoms with van der Waals surface area (Å²) in [5.74, 6) is -0.668. The first kappa shape index (κ1) is 14.3. The van der Waals surface area contributed by atoms with Gasteiger partial charge >= 0.3 is 0 Å². The van der Waals surface area contributed by atoms with Gasteiger partial charge in [-0.05, 0) is 46.3 Å².